The maximum atomic E-state index is 11.7. The Balaban J connectivity index is 0.00000220. The smallest absolute Gasteiger partial charge is 0.225 e. The second-order valence-electron chi connectivity index (χ2n) is 4.99. The van der Waals surface area contributed by atoms with Crippen LogP contribution in [0.1, 0.15) is 12.0 Å². The molecule has 1 aliphatic heterocycles. The minimum absolute atomic E-state index is 0. The number of amides is 1. The van der Waals surface area contributed by atoms with Gasteiger partial charge in [-0.2, -0.15) is 0 Å². The Hall–Kier alpha value is -0.850. The number of hydrogen-bond acceptors (Lipinski definition) is 4. The van der Waals surface area contributed by atoms with Crippen molar-refractivity contribution in [2.24, 2.45) is 0 Å². The Morgan fingerprint density at radius 1 is 1.27 bits per heavy atom. The standard InChI is InChI=1S/C15H23N3O2.2ClH/c1-16-6-5-15(19)17-14-4-2-3-13(11-14)12-18-7-9-20-10-8-18;;/h2-4,11,16H,5-10,12H2,1H3,(H,17,19);2*1H. The van der Waals surface area contributed by atoms with Crippen LogP contribution < -0.4 is 10.6 Å². The van der Waals surface area contributed by atoms with Crippen molar-refractivity contribution < 1.29 is 9.53 Å². The van der Waals surface area contributed by atoms with Crippen molar-refractivity contribution >= 4 is 36.4 Å². The van der Waals surface area contributed by atoms with Crippen LogP contribution >= 0.6 is 24.8 Å². The van der Waals surface area contributed by atoms with E-state index in [0.29, 0.717) is 13.0 Å². The third kappa shape index (κ3) is 7.42. The number of halogens is 2. The lowest BCUT2D eigenvalue weighted by Crippen LogP contribution is -2.35. The fraction of sp³-hybridized carbons (Fsp3) is 0.533. The Morgan fingerprint density at radius 2 is 2.00 bits per heavy atom. The summed E-state index contributed by atoms with van der Waals surface area (Å²) in [5.74, 6) is 0.0443. The SMILES string of the molecule is CNCCC(=O)Nc1cccc(CN2CCOCC2)c1.Cl.Cl. The van der Waals surface area contributed by atoms with Crippen LogP contribution in [0.15, 0.2) is 24.3 Å². The summed E-state index contributed by atoms with van der Waals surface area (Å²) in [7, 11) is 1.84. The van der Waals surface area contributed by atoms with E-state index in [2.05, 4.69) is 21.6 Å². The molecular weight excluding hydrogens is 325 g/mol. The molecule has 0 saturated carbocycles. The molecule has 1 amide bonds. The van der Waals surface area contributed by atoms with Gasteiger partial charge in [-0.15, -0.1) is 24.8 Å². The Bertz CT molecular complexity index is 441. The van der Waals surface area contributed by atoms with Crippen molar-refractivity contribution in [3.63, 3.8) is 0 Å². The summed E-state index contributed by atoms with van der Waals surface area (Å²) in [4.78, 5) is 14.1. The fourth-order valence-corrected chi connectivity index (χ4v) is 2.23. The van der Waals surface area contributed by atoms with Crippen LogP contribution in [0.3, 0.4) is 0 Å². The molecule has 0 atom stereocenters. The van der Waals surface area contributed by atoms with E-state index in [1.54, 1.807) is 0 Å². The zero-order valence-corrected chi connectivity index (χ0v) is 14.5. The van der Waals surface area contributed by atoms with Crippen LogP contribution in [0.5, 0.6) is 0 Å². The van der Waals surface area contributed by atoms with Gasteiger partial charge in [-0.3, -0.25) is 9.69 Å². The Kier molecular flexibility index (Phi) is 11.2. The molecule has 1 aliphatic rings. The number of hydrogen-bond donors (Lipinski definition) is 2. The molecule has 0 bridgehead atoms. The monoisotopic (exact) mass is 349 g/mol. The molecule has 22 heavy (non-hydrogen) atoms. The van der Waals surface area contributed by atoms with Crippen LogP contribution in [0.2, 0.25) is 0 Å². The van der Waals surface area contributed by atoms with E-state index in [-0.39, 0.29) is 30.7 Å². The average molecular weight is 350 g/mol. The molecule has 2 rings (SSSR count). The summed E-state index contributed by atoms with van der Waals surface area (Å²) >= 11 is 0. The number of nitrogens with zero attached hydrogens (tertiary/aromatic N) is 1. The van der Waals surface area contributed by atoms with Crippen LogP contribution in [-0.4, -0.2) is 50.7 Å². The maximum absolute atomic E-state index is 11.7. The highest BCUT2D eigenvalue weighted by atomic mass is 35.5. The number of rotatable bonds is 6. The number of benzene rings is 1. The lowest BCUT2D eigenvalue weighted by Gasteiger charge is -2.26. The quantitative estimate of drug-likeness (QED) is 0.823. The maximum Gasteiger partial charge on any atom is 0.225 e. The van der Waals surface area contributed by atoms with Gasteiger partial charge in [0, 0.05) is 38.3 Å². The van der Waals surface area contributed by atoms with Crippen molar-refractivity contribution in [3.8, 4) is 0 Å². The van der Waals surface area contributed by atoms with Crippen LogP contribution in [0, 0.1) is 0 Å². The van der Waals surface area contributed by atoms with Gasteiger partial charge < -0.3 is 15.4 Å². The second-order valence-corrected chi connectivity index (χ2v) is 4.99. The molecule has 1 saturated heterocycles. The van der Waals surface area contributed by atoms with Gasteiger partial charge in [-0.05, 0) is 24.7 Å². The average Bonchev–Trinajstić information content (AvgIpc) is 2.46. The van der Waals surface area contributed by atoms with Crippen molar-refractivity contribution in [1.29, 1.82) is 0 Å². The summed E-state index contributed by atoms with van der Waals surface area (Å²) in [5.41, 5.74) is 2.09. The third-order valence-corrected chi connectivity index (χ3v) is 3.32. The second kappa shape index (κ2) is 11.7. The number of morpholine rings is 1. The molecule has 0 aromatic heterocycles. The van der Waals surface area contributed by atoms with E-state index in [4.69, 9.17) is 4.74 Å². The predicted molar refractivity (Wildman–Crippen MR) is 94.2 cm³/mol. The number of ether oxygens (including phenoxy) is 1. The first kappa shape index (κ1) is 21.1. The normalized spacial score (nSPS) is 14.6. The van der Waals surface area contributed by atoms with Gasteiger partial charge in [0.05, 0.1) is 13.2 Å². The topological polar surface area (TPSA) is 53.6 Å². The fourth-order valence-electron chi connectivity index (χ4n) is 2.23. The minimum Gasteiger partial charge on any atom is -0.379 e. The lowest BCUT2D eigenvalue weighted by atomic mass is 10.1. The molecule has 126 valence electrons. The zero-order chi connectivity index (χ0) is 14.2. The highest BCUT2D eigenvalue weighted by Crippen LogP contribution is 2.13. The molecule has 0 spiro atoms. The lowest BCUT2D eigenvalue weighted by molar-refractivity contribution is -0.116. The van der Waals surface area contributed by atoms with E-state index >= 15 is 0 Å². The van der Waals surface area contributed by atoms with E-state index < -0.39 is 0 Å². The molecule has 7 heteroatoms. The highest BCUT2D eigenvalue weighted by Gasteiger charge is 2.11. The third-order valence-electron chi connectivity index (χ3n) is 3.32. The number of carbonyl (C=O) groups excluding carboxylic acids is 1. The van der Waals surface area contributed by atoms with Crippen molar-refractivity contribution in [2.75, 3.05) is 45.2 Å². The Labute approximate surface area is 144 Å². The largest absolute Gasteiger partial charge is 0.379 e. The first-order valence-electron chi connectivity index (χ1n) is 7.11. The van der Waals surface area contributed by atoms with Gasteiger partial charge in [0.1, 0.15) is 0 Å². The highest BCUT2D eigenvalue weighted by molar-refractivity contribution is 5.90. The van der Waals surface area contributed by atoms with Gasteiger partial charge >= 0.3 is 0 Å². The molecule has 1 heterocycles. The molecule has 0 aliphatic carbocycles. The summed E-state index contributed by atoms with van der Waals surface area (Å²) in [6.07, 6.45) is 0.490. The molecule has 0 unspecified atom stereocenters. The minimum atomic E-state index is 0. The first-order chi connectivity index (χ1) is 9.78. The van der Waals surface area contributed by atoms with Crippen LogP contribution in [0.25, 0.3) is 0 Å². The molecule has 1 aromatic rings. The summed E-state index contributed by atoms with van der Waals surface area (Å²) in [6.45, 7) is 5.15. The Morgan fingerprint density at radius 3 is 2.68 bits per heavy atom. The molecule has 5 nitrogen and oxygen atoms in total. The van der Waals surface area contributed by atoms with Crippen LogP contribution in [-0.2, 0) is 16.1 Å². The molecule has 1 aromatic carbocycles. The van der Waals surface area contributed by atoms with Crippen molar-refractivity contribution in [3.05, 3.63) is 29.8 Å². The van der Waals surface area contributed by atoms with Gasteiger partial charge in [-0.1, -0.05) is 12.1 Å². The molecule has 0 radical (unpaired) electrons. The van der Waals surface area contributed by atoms with E-state index in [9.17, 15) is 4.79 Å². The predicted octanol–water partition coefficient (Wildman–Crippen LogP) is 1.91. The van der Waals surface area contributed by atoms with E-state index in [1.165, 1.54) is 5.56 Å². The van der Waals surface area contributed by atoms with Crippen molar-refractivity contribution in [2.45, 2.75) is 13.0 Å². The van der Waals surface area contributed by atoms with E-state index in [0.717, 1.165) is 38.5 Å². The molecule has 2 N–H and O–H groups in total. The molecular formula is C15H25Cl2N3O2. The number of anilines is 1. The summed E-state index contributed by atoms with van der Waals surface area (Å²) in [5, 5.41) is 5.90. The first-order valence-corrected chi connectivity index (χ1v) is 7.11. The summed E-state index contributed by atoms with van der Waals surface area (Å²) < 4.78 is 5.35. The number of carbonyl (C=O) groups is 1. The number of nitrogens with one attached hydrogen (secondary N) is 2. The van der Waals surface area contributed by atoms with Crippen molar-refractivity contribution in [1.82, 2.24) is 10.2 Å². The van der Waals surface area contributed by atoms with Gasteiger partial charge in [0.25, 0.3) is 0 Å². The van der Waals surface area contributed by atoms with Gasteiger partial charge in [-0.25, -0.2) is 0 Å². The van der Waals surface area contributed by atoms with E-state index in [1.807, 2.05) is 25.2 Å². The molecule has 1 fully saturated rings. The van der Waals surface area contributed by atoms with Crippen LogP contribution in [0.4, 0.5) is 5.69 Å². The van der Waals surface area contributed by atoms with Gasteiger partial charge in [0.2, 0.25) is 5.91 Å². The zero-order valence-electron chi connectivity index (χ0n) is 12.8. The van der Waals surface area contributed by atoms with Gasteiger partial charge in [0.15, 0.2) is 0 Å². The summed E-state index contributed by atoms with van der Waals surface area (Å²) in [6, 6.07) is 8.06.